The van der Waals surface area contributed by atoms with Crippen LogP contribution in [0.4, 0.5) is 17.6 Å². The Kier molecular flexibility index (Phi) is 2.83. The van der Waals surface area contributed by atoms with Gasteiger partial charge in [-0.2, -0.15) is 18.3 Å². The Morgan fingerprint density at radius 2 is 1.82 bits per heavy atom. The predicted octanol–water partition coefficient (Wildman–Crippen LogP) is 3.95. The molecule has 7 heteroatoms. The molecule has 0 N–H and O–H groups in total. The molecule has 1 aromatic heterocycles. The summed E-state index contributed by atoms with van der Waals surface area (Å²) >= 11 is 0. The van der Waals surface area contributed by atoms with Gasteiger partial charge in [0.25, 0.3) is 0 Å². The first-order valence-electron chi connectivity index (χ1n) is 7.17. The lowest BCUT2D eigenvalue weighted by molar-refractivity contribution is -0.148. The molecule has 0 amide bonds. The van der Waals surface area contributed by atoms with Crippen LogP contribution in [0.1, 0.15) is 48.2 Å². The number of fused-ring (bicyclic) bond motifs is 1. The van der Waals surface area contributed by atoms with Crippen LogP contribution in [0.2, 0.25) is 0 Å². The lowest BCUT2D eigenvalue weighted by Crippen LogP contribution is -2.12. The summed E-state index contributed by atoms with van der Waals surface area (Å²) < 4.78 is 53.6. The number of nitrogens with zero attached hydrogens (tertiary/aromatic N) is 3. The minimum atomic E-state index is -4.23. The normalized spacial score (nSPS) is 30.4. The van der Waals surface area contributed by atoms with E-state index in [1.807, 2.05) is 30.3 Å². The molecule has 1 aromatic carbocycles. The molecule has 2 heterocycles. The molecule has 22 heavy (non-hydrogen) atoms. The van der Waals surface area contributed by atoms with Gasteiger partial charge < -0.3 is 0 Å². The number of hydrogen-bond donors (Lipinski definition) is 0. The van der Waals surface area contributed by atoms with Gasteiger partial charge in [-0.05, 0) is 12.0 Å². The predicted molar refractivity (Wildman–Crippen MR) is 70.0 cm³/mol. The first-order valence-corrected chi connectivity index (χ1v) is 7.17. The fraction of sp³-hybridized carbons (Fsp3) is 0.467. The summed E-state index contributed by atoms with van der Waals surface area (Å²) in [5, 5.41) is 4.19. The van der Waals surface area contributed by atoms with E-state index in [1.165, 1.54) is 4.68 Å². The fourth-order valence-electron chi connectivity index (χ4n) is 3.15. The van der Waals surface area contributed by atoms with E-state index < -0.39 is 24.2 Å². The Morgan fingerprint density at radius 1 is 1.09 bits per heavy atom. The average molecular weight is 311 g/mol. The SMILES string of the molecule is FC1CC(c2ccccc2)n2nc(C3CC3C(F)(F)F)nc21. The van der Waals surface area contributed by atoms with Gasteiger partial charge in [0.1, 0.15) is 0 Å². The molecular weight excluding hydrogens is 298 g/mol. The number of halogens is 4. The van der Waals surface area contributed by atoms with E-state index in [0.29, 0.717) is 0 Å². The maximum atomic E-state index is 14.1. The zero-order valence-corrected chi connectivity index (χ0v) is 11.5. The standard InChI is InChI=1S/C15H13F4N3/c16-11-7-12(8-4-2-1-3-5-8)22-14(11)20-13(21-22)9-6-10(9)15(17,18)19/h1-5,9-12H,6-7H2. The molecule has 116 valence electrons. The Hall–Kier alpha value is -1.92. The highest BCUT2D eigenvalue weighted by Crippen LogP contribution is 2.55. The third-order valence-corrected chi connectivity index (χ3v) is 4.41. The van der Waals surface area contributed by atoms with E-state index in [9.17, 15) is 17.6 Å². The van der Waals surface area contributed by atoms with E-state index in [2.05, 4.69) is 10.1 Å². The van der Waals surface area contributed by atoms with Crippen molar-refractivity contribution in [1.82, 2.24) is 14.8 Å². The van der Waals surface area contributed by atoms with Crippen LogP contribution in [0, 0.1) is 5.92 Å². The summed E-state index contributed by atoms with van der Waals surface area (Å²) in [5.41, 5.74) is 0.892. The molecular formula is C15H13F4N3. The first kappa shape index (κ1) is 13.7. The van der Waals surface area contributed by atoms with E-state index in [0.717, 1.165) is 5.56 Å². The molecule has 4 atom stereocenters. The molecule has 3 nitrogen and oxygen atoms in total. The maximum absolute atomic E-state index is 14.1. The lowest BCUT2D eigenvalue weighted by atomic mass is 10.0. The van der Waals surface area contributed by atoms with Gasteiger partial charge in [-0.3, -0.25) is 0 Å². The van der Waals surface area contributed by atoms with E-state index in [1.54, 1.807) is 0 Å². The molecule has 1 fully saturated rings. The summed E-state index contributed by atoms with van der Waals surface area (Å²) in [6.07, 6.45) is -5.28. The molecule has 4 unspecified atom stereocenters. The van der Waals surface area contributed by atoms with Crippen LogP contribution in [0.15, 0.2) is 30.3 Å². The van der Waals surface area contributed by atoms with Crippen molar-refractivity contribution < 1.29 is 17.6 Å². The second-order valence-corrected chi connectivity index (χ2v) is 5.89. The third-order valence-electron chi connectivity index (χ3n) is 4.41. The number of hydrogen-bond acceptors (Lipinski definition) is 2. The lowest BCUT2D eigenvalue weighted by Gasteiger charge is -2.11. The summed E-state index contributed by atoms with van der Waals surface area (Å²) in [6.45, 7) is 0. The summed E-state index contributed by atoms with van der Waals surface area (Å²) in [6, 6.07) is 8.98. The van der Waals surface area contributed by atoms with Crippen LogP contribution in [-0.4, -0.2) is 20.9 Å². The first-order chi connectivity index (χ1) is 10.4. The molecule has 2 aromatic rings. The van der Waals surface area contributed by atoms with Crippen LogP contribution >= 0.6 is 0 Å². The van der Waals surface area contributed by atoms with Crippen LogP contribution < -0.4 is 0 Å². The Labute approximate surface area is 124 Å². The number of alkyl halides is 4. The number of rotatable bonds is 2. The van der Waals surface area contributed by atoms with Crippen molar-refractivity contribution in [1.29, 1.82) is 0 Å². The van der Waals surface area contributed by atoms with Crippen molar-refractivity contribution in [3.05, 3.63) is 47.5 Å². The summed E-state index contributed by atoms with van der Waals surface area (Å²) in [4.78, 5) is 4.05. The summed E-state index contributed by atoms with van der Waals surface area (Å²) in [5.74, 6) is -1.83. The highest BCUT2D eigenvalue weighted by molar-refractivity contribution is 5.24. The Bertz CT molecular complexity index is 695. The minimum Gasteiger partial charge on any atom is -0.239 e. The molecule has 0 spiro atoms. The van der Waals surface area contributed by atoms with Gasteiger partial charge in [0.2, 0.25) is 0 Å². The smallest absolute Gasteiger partial charge is 0.239 e. The molecule has 1 aliphatic heterocycles. The van der Waals surface area contributed by atoms with Gasteiger partial charge >= 0.3 is 6.18 Å². The summed E-state index contributed by atoms with van der Waals surface area (Å²) in [7, 11) is 0. The number of aromatic nitrogens is 3. The Balaban J connectivity index is 1.65. The van der Waals surface area contributed by atoms with Gasteiger partial charge in [0.05, 0.1) is 12.0 Å². The van der Waals surface area contributed by atoms with Crippen molar-refractivity contribution in [2.45, 2.75) is 37.1 Å². The second-order valence-electron chi connectivity index (χ2n) is 5.89. The molecule has 4 rings (SSSR count). The molecule has 1 saturated carbocycles. The van der Waals surface area contributed by atoms with E-state index in [4.69, 9.17) is 0 Å². The van der Waals surface area contributed by atoms with E-state index in [-0.39, 0.29) is 30.5 Å². The van der Waals surface area contributed by atoms with Crippen molar-refractivity contribution in [3.8, 4) is 0 Å². The van der Waals surface area contributed by atoms with Crippen LogP contribution in [0.5, 0.6) is 0 Å². The van der Waals surface area contributed by atoms with Gasteiger partial charge in [0, 0.05) is 12.3 Å². The minimum absolute atomic E-state index is 0.0000899. The van der Waals surface area contributed by atoms with Crippen LogP contribution in [0.3, 0.4) is 0 Å². The molecule has 0 saturated heterocycles. The van der Waals surface area contributed by atoms with Crippen LogP contribution in [0.25, 0.3) is 0 Å². The highest BCUT2D eigenvalue weighted by atomic mass is 19.4. The van der Waals surface area contributed by atoms with Crippen molar-refractivity contribution in [2.75, 3.05) is 0 Å². The molecule has 0 bridgehead atoms. The monoisotopic (exact) mass is 311 g/mol. The third kappa shape index (κ3) is 2.10. The van der Waals surface area contributed by atoms with E-state index >= 15 is 0 Å². The molecule has 2 aliphatic rings. The van der Waals surface area contributed by atoms with Crippen LogP contribution in [-0.2, 0) is 0 Å². The van der Waals surface area contributed by atoms with Gasteiger partial charge in [-0.25, -0.2) is 14.1 Å². The molecule has 1 aliphatic carbocycles. The van der Waals surface area contributed by atoms with Gasteiger partial charge in [0.15, 0.2) is 17.8 Å². The largest absolute Gasteiger partial charge is 0.392 e. The maximum Gasteiger partial charge on any atom is 0.392 e. The van der Waals surface area contributed by atoms with Crippen molar-refractivity contribution in [3.63, 3.8) is 0 Å². The van der Waals surface area contributed by atoms with Crippen molar-refractivity contribution in [2.24, 2.45) is 5.92 Å². The van der Waals surface area contributed by atoms with Gasteiger partial charge in [-0.15, -0.1) is 0 Å². The molecule has 0 radical (unpaired) electrons. The highest BCUT2D eigenvalue weighted by Gasteiger charge is 2.58. The average Bonchev–Trinajstić information content (AvgIpc) is 3.09. The van der Waals surface area contributed by atoms with Gasteiger partial charge in [-0.1, -0.05) is 30.3 Å². The van der Waals surface area contributed by atoms with Crippen molar-refractivity contribution >= 4 is 0 Å². The number of benzene rings is 1. The fourth-order valence-corrected chi connectivity index (χ4v) is 3.15. The zero-order chi connectivity index (χ0) is 15.5. The quantitative estimate of drug-likeness (QED) is 0.786. The second kappa shape index (κ2) is 4.54. The Morgan fingerprint density at radius 3 is 2.45 bits per heavy atom. The topological polar surface area (TPSA) is 30.7 Å². The zero-order valence-electron chi connectivity index (χ0n) is 11.5.